The van der Waals surface area contributed by atoms with Crippen molar-refractivity contribution in [2.24, 2.45) is 4.99 Å². The standard InChI is InChI=1S/C22H29FN4O2S/c1-3-24-22(25-16-18-8-10-19(11-9-18)17-30(2,28)29)27-14-12-26(13-15-27)21-7-5-4-6-20(21)23/h4-11H,3,12-17H2,1-2H3,(H,24,25). The van der Waals surface area contributed by atoms with E-state index in [9.17, 15) is 12.8 Å². The van der Waals surface area contributed by atoms with Crippen LogP contribution in [-0.2, 0) is 22.1 Å². The number of hydrogen-bond donors (Lipinski definition) is 1. The highest BCUT2D eigenvalue weighted by atomic mass is 32.2. The number of para-hydroxylation sites is 1. The first-order valence-electron chi connectivity index (χ1n) is 10.1. The molecule has 0 atom stereocenters. The molecule has 1 saturated heterocycles. The Kier molecular flexibility index (Phi) is 7.31. The lowest BCUT2D eigenvalue weighted by Gasteiger charge is -2.37. The maximum Gasteiger partial charge on any atom is 0.194 e. The fourth-order valence-electron chi connectivity index (χ4n) is 3.50. The summed E-state index contributed by atoms with van der Waals surface area (Å²) in [5.41, 5.74) is 2.45. The molecule has 1 fully saturated rings. The fraction of sp³-hybridized carbons (Fsp3) is 0.409. The number of rotatable bonds is 6. The molecule has 30 heavy (non-hydrogen) atoms. The summed E-state index contributed by atoms with van der Waals surface area (Å²) >= 11 is 0. The van der Waals surface area contributed by atoms with Crippen LogP contribution in [0.5, 0.6) is 0 Å². The van der Waals surface area contributed by atoms with Crippen molar-refractivity contribution in [2.75, 3.05) is 43.9 Å². The molecule has 0 aliphatic carbocycles. The third-order valence-corrected chi connectivity index (χ3v) is 5.83. The Hall–Kier alpha value is -2.61. The van der Waals surface area contributed by atoms with Crippen molar-refractivity contribution in [3.05, 3.63) is 65.5 Å². The van der Waals surface area contributed by atoms with Gasteiger partial charge in [-0.1, -0.05) is 36.4 Å². The molecule has 0 amide bonds. The van der Waals surface area contributed by atoms with Crippen molar-refractivity contribution in [3.8, 4) is 0 Å². The van der Waals surface area contributed by atoms with Crippen LogP contribution in [0.25, 0.3) is 0 Å². The number of aliphatic imine (C=N–C) groups is 1. The quantitative estimate of drug-likeness (QED) is 0.562. The van der Waals surface area contributed by atoms with Crippen molar-refractivity contribution in [1.82, 2.24) is 10.2 Å². The molecule has 2 aromatic carbocycles. The van der Waals surface area contributed by atoms with Crippen LogP contribution in [0.4, 0.5) is 10.1 Å². The van der Waals surface area contributed by atoms with E-state index in [-0.39, 0.29) is 11.6 Å². The van der Waals surface area contributed by atoms with Crippen LogP contribution < -0.4 is 10.2 Å². The molecule has 1 N–H and O–H groups in total. The van der Waals surface area contributed by atoms with E-state index in [1.165, 1.54) is 12.3 Å². The number of sulfone groups is 1. The Bertz CT molecular complexity index is 969. The van der Waals surface area contributed by atoms with Gasteiger partial charge < -0.3 is 15.1 Å². The lowest BCUT2D eigenvalue weighted by molar-refractivity contribution is 0.370. The Morgan fingerprint density at radius 1 is 1.03 bits per heavy atom. The molecule has 1 heterocycles. The van der Waals surface area contributed by atoms with Crippen molar-refractivity contribution >= 4 is 21.5 Å². The van der Waals surface area contributed by atoms with E-state index < -0.39 is 9.84 Å². The molecule has 1 aliphatic heterocycles. The Balaban J connectivity index is 1.62. The van der Waals surface area contributed by atoms with Gasteiger partial charge in [0, 0.05) is 39.0 Å². The molecule has 0 aromatic heterocycles. The number of piperazine rings is 1. The molecule has 8 heteroatoms. The number of hydrogen-bond acceptors (Lipinski definition) is 4. The molecule has 0 saturated carbocycles. The number of nitrogens with one attached hydrogen (secondary N) is 1. The number of nitrogens with zero attached hydrogens (tertiary/aromatic N) is 3. The van der Waals surface area contributed by atoms with E-state index >= 15 is 0 Å². The summed E-state index contributed by atoms with van der Waals surface area (Å²) in [6.07, 6.45) is 1.24. The lowest BCUT2D eigenvalue weighted by atomic mass is 10.1. The van der Waals surface area contributed by atoms with Gasteiger partial charge >= 0.3 is 0 Å². The highest BCUT2D eigenvalue weighted by molar-refractivity contribution is 7.89. The second-order valence-corrected chi connectivity index (χ2v) is 9.62. The van der Waals surface area contributed by atoms with Crippen LogP contribution in [0.2, 0.25) is 0 Å². The average Bonchev–Trinajstić information content (AvgIpc) is 2.72. The maximum absolute atomic E-state index is 14.1. The van der Waals surface area contributed by atoms with Crippen molar-refractivity contribution in [3.63, 3.8) is 0 Å². The lowest BCUT2D eigenvalue weighted by Crippen LogP contribution is -2.52. The fourth-order valence-corrected chi connectivity index (χ4v) is 4.30. The highest BCUT2D eigenvalue weighted by Gasteiger charge is 2.21. The van der Waals surface area contributed by atoms with Crippen molar-refractivity contribution in [1.29, 1.82) is 0 Å². The van der Waals surface area contributed by atoms with Gasteiger partial charge in [-0.15, -0.1) is 0 Å². The molecule has 2 aromatic rings. The van der Waals surface area contributed by atoms with E-state index in [0.29, 0.717) is 12.2 Å². The first kappa shape index (κ1) is 22.1. The van der Waals surface area contributed by atoms with Crippen LogP contribution in [0.15, 0.2) is 53.5 Å². The van der Waals surface area contributed by atoms with Crippen LogP contribution in [-0.4, -0.2) is 58.3 Å². The van der Waals surface area contributed by atoms with E-state index in [2.05, 4.69) is 15.1 Å². The normalized spacial score (nSPS) is 15.4. The predicted octanol–water partition coefficient (Wildman–Crippen LogP) is 2.66. The van der Waals surface area contributed by atoms with Gasteiger partial charge in [0.05, 0.1) is 18.0 Å². The summed E-state index contributed by atoms with van der Waals surface area (Å²) in [5, 5.41) is 3.34. The highest BCUT2D eigenvalue weighted by Crippen LogP contribution is 2.20. The zero-order valence-corrected chi connectivity index (χ0v) is 18.3. The predicted molar refractivity (Wildman–Crippen MR) is 120 cm³/mol. The van der Waals surface area contributed by atoms with Gasteiger partial charge in [0.25, 0.3) is 0 Å². The Morgan fingerprint density at radius 2 is 1.67 bits per heavy atom. The van der Waals surface area contributed by atoms with Crippen molar-refractivity contribution < 1.29 is 12.8 Å². The number of benzene rings is 2. The number of anilines is 1. The monoisotopic (exact) mass is 432 g/mol. The Labute approximate surface area is 178 Å². The minimum absolute atomic E-state index is 0.0471. The molecule has 0 spiro atoms. The van der Waals surface area contributed by atoms with Gasteiger partial charge in [-0.05, 0) is 30.2 Å². The largest absolute Gasteiger partial charge is 0.366 e. The van der Waals surface area contributed by atoms with E-state index in [0.717, 1.165) is 49.8 Å². The van der Waals surface area contributed by atoms with Gasteiger partial charge in [-0.2, -0.15) is 0 Å². The zero-order valence-electron chi connectivity index (χ0n) is 17.5. The second kappa shape index (κ2) is 9.93. The molecule has 0 unspecified atom stereocenters. The summed E-state index contributed by atoms with van der Waals surface area (Å²) in [6.45, 7) is 6.28. The molecule has 6 nitrogen and oxygen atoms in total. The van der Waals surface area contributed by atoms with Crippen LogP contribution in [0, 0.1) is 5.82 Å². The molecule has 162 valence electrons. The summed E-state index contributed by atoms with van der Waals surface area (Å²) in [6, 6.07) is 14.4. The minimum Gasteiger partial charge on any atom is -0.366 e. The van der Waals surface area contributed by atoms with E-state index in [1.807, 2.05) is 43.3 Å². The van der Waals surface area contributed by atoms with Crippen molar-refractivity contribution in [2.45, 2.75) is 19.2 Å². The molecule has 1 aliphatic rings. The molecular formula is C22H29FN4O2S. The summed E-state index contributed by atoms with van der Waals surface area (Å²) < 4.78 is 36.9. The zero-order chi connectivity index (χ0) is 21.6. The topological polar surface area (TPSA) is 65.0 Å². The van der Waals surface area contributed by atoms with Gasteiger partial charge in [0.2, 0.25) is 0 Å². The maximum atomic E-state index is 14.1. The van der Waals surface area contributed by atoms with Crippen LogP contribution in [0.1, 0.15) is 18.1 Å². The molecule has 3 rings (SSSR count). The molecular weight excluding hydrogens is 403 g/mol. The van der Waals surface area contributed by atoms with Gasteiger partial charge in [-0.25, -0.2) is 17.8 Å². The van der Waals surface area contributed by atoms with Gasteiger partial charge in [-0.3, -0.25) is 0 Å². The Morgan fingerprint density at radius 3 is 2.27 bits per heavy atom. The molecule has 0 bridgehead atoms. The van der Waals surface area contributed by atoms with Crippen LogP contribution >= 0.6 is 0 Å². The molecule has 0 radical (unpaired) electrons. The number of guanidine groups is 1. The third-order valence-electron chi connectivity index (χ3n) is 4.97. The second-order valence-electron chi connectivity index (χ2n) is 7.48. The summed E-state index contributed by atoms with van der Waals surface area (Å²) in [7, 11) is -3.04. The van der Waals surface area contributed by atoms with Crippen LogP contribution in [0.3, 0.4) is 0 Å². The first-order valence-corrected chi connectivity index (χ1v) is 12.2. The third kappa shape index (κ3) is 6.19. The SMILES string of the molecule is CCNC(=NCc1ccc(CS(C)(=O)=O)cc1)N1CCN(c2ccccc2F)CC1. The number of halogens is 1. The average molecular weight is 433 g/mol. The minimum atomic E-state index is -3.04. The summed E-state index contributed by atoms with van der Waals surface area (Å²) in [5.74, 6) is 0.697. The summed E-state index contributed by atoms with van der Waals surface area (Å²) in [4.78, 5) is 9.01. The smallest absolute Gasteiger partial charge is 0.194 e. The first-order chi connectivity index (χ1) is 14.4. The van der Waals surface area contributed by atoms with Gasteiger partial charge in [0.1, 0.15) is 5.82 Å². The van der Waals surface area contributed by atoms with E-state index in [1.54, 1.807) is 6.07 Å². The van der Waals surface area contributed by atoms with E-state index in [4.69, 9.17) is 4.99 Å². The van der Waals surface area contributed by atoms with Gasteiger partial charge in [0.15, 0.2) is 15.8 Å².